The van der Waals surface area contributed by atoms with Crippen molar-refractivity contribution in [2.45, 2.75) is 13.0 Å². The van der Waals surface area contributed by atoms with E-state index in [2.05, 4.69) is 20.7 Å². The molecule has 0 aliphatic heterocycles. The fraction of sp³-hybridized carbons (Fsp3) is 0.300. The fourth-order valence-corrected chi connectivity index (χ4v) is 1.75. The molecular formula is C10H10BrClO3. The van der Waals surface area contributed by atoms with Crippen LogP contribution in [0, 0.1) is 0 Å². The van der Waals surface area contributed by atoms with Crippen LogP contribution in [0.2, 0.25) is 5.02 Å². The number of ether oxygens (including phenoxy) is 2. The summed E-state index contributed by atoms with van der Waals surface area (Å²) in [6.45, 7) is 1.62. The maximum atomic E-state index is 11.1. The second-order valence-electron chi connectivity index (χ2n) is 2.86. The molecule has 1 aromatic rings. The van der Waals surface area contributed by atoms with Gasteiger partial charge in [-0.05, 0) is 41.1 Å². The average Bonchev–Trinajstić information content (AvgIpc) is 2.20. The first-order chi connectivity index (χ1) is 7.04. The van der Waals surface area contributed by atoms with E-state index < -0.39 is 12.1 Å². The molecule has 1 rings (SSSR count). The van der Waals surface area contributed by atoms with Gasteiger partial charge < -0.3 is 9.47 Å². The summed E-state index contributed by atoms with van der Waals surface area (Å²) < 4.78 is 10.6. The third-order valence-electron chi connectivity index (χ3n) is 1.73. The number of hydrogen-bond donors (Lipinski definition) is 0. The van der Waals surface area contributed by atoms with E-state index in [-0.39, 0.29) is 0 Å². The molecule has 15 heavy (non-hydrogen) atoms. The lowest BCUT2D eigenvalue weighted by Crippen LogP contribution is -2.25. The van der Waals surface area contributed by atoms with Crippen molar-refractivity contribution >= 4 is 33.5 Å². The summed E-state index contributed by atoms with van der Waals surface area (Å²) in [4.78, 5) is 11.1. The lowest BCUT2D eigenvalue weighted by molar-refractivity contribution is -0.147. The molecule has 0 saturated heterocycles. The minimum absolute atomic E-state index is 0.420. The Morgan fingerprint density at radius 2 is 2.20 bits per heavy atom. The highest BCUT2D eigenvalue weighted by Gasteiger charge is 2.15. The molecule has 0 aromatic heterocycles. The van der Waals surface area contributed by atoms with Gasteiger partial charge in [-0.15, -0.1) is 0 Å². The van der Waals surface area contributed by atoms with Crippen molar-refractivity contribution in [3.63, 3.8) is 0 Å². The van der Waals surface area contributed by atoms with Crippen LogP contribution in [0.25, 0.3) is 0 Å². The topological polar surface area (TPSA) is 35.5 Å². The van der Waals surface area contributed by atoms with Crippen LogP contribution in [-0.4, -0.2) is 19.2 Å². The number of halogens is 2. The first-order valence-corrected chi connectivity index (χ1v) is 5.41. The normalized spacial score (nSPS) is 12.0. The van der Waals surface area contributed by atoms with E-state index in [0.717, 1.165) is 0 Å². The number of carbonyl (C=O) groups excluding carboxylic acids is 1. The number of benzene rings is 1. The molecular weight excluding hydrogens is 283 g/mol. The molecule has 0 aliphatic carbocycles. The Balaban J connectivity index is 2.76. The van der Waals surface area contributed by atoms with Crippen LogP contribution in [0.3, 0.4) is 0 Å². The third kappa shape index (κ3) is 3.39. The smallest absolute Gasteiger partial charge is 0.346 e. The van der Waals surface area contributed by atoms with Crippen LogP contribution < -0.4 is 4.74 Å². The fourth-order valence-electron chi connectivity index (χ4n) is 0.975. The van der Waals surface area contributed by atoms with Gasteiger partial charge in [-0.25, -0.2) is 4.79 Å². The highest BCUT2D eigenvalue weighted by atomic mass is 79.9. The Bertz CT molecular complexity index is 368. The van der Waals surface area contributed by atoms with Crippen LogP contribution in [0.15, 0.2) is 22.7 Å². The Hall–Kier alpha value is -0.740. The van der Waals surface area contributed by atoms with E-state index >= 15 is 0 Å². The lowest BCUT2D eigenvalue weighted by atomic mass is 10.3. The van der Waals surface area contributed by atoms with E-state index in [1.807, 2.05) is 0 Å². The number of esters is 1. The van der Waals surface area contributed by atoms with Gasteiger partial charge in [-0.3, -0.25) is 0 Å². The minimum Gasteiger partial charge on any atom is -0.478 e. The summed E-state index contributed by atoms with van der Waals surface area (Å²) >= 11 is 9.05. The number of rotatable bonds is 3. The van der Waals surface area contributed by atoms with Crippen molar-refractivity contribution < 1.29 is 14.3 Å². The Morgan fingerprint density at radius 3 is 2.73 bits per heavy atom. The van der Waals surface area contributed by atoms with Gasteiger partial charge in [-0.1, -0.05) is 11.6 Å². The van der Waals surface area contributed by atoms with E-state index in [4.69, 9.17) is 16.3 Å². The van der Waals surface area contributed by atoms with Gasteiger partial charge in [-0.2, -0.15) is 0 Å². The second kappa shape index (κ2) is 5.37. The van der Waals surface area contributed by atoms with Crippen molar-refractivity contribution in [1.29, 1.82) is 0 Å². The van der Waals surface area contributed by atoms with E-state index in [0.29, 0.717) is 15.2 Å². The zero-order valence-electron chi connectivity index (χ0n) is 8.29. The molecule has 0 radical (unpaired) electrons. The maximum Gasteiger partial charge on any atom is 0.346 e. The summed E-state index contributed by atoms with van der Waals surface area (Å²) in [5.74, 6) is 0.133. The first kappa shape index (κ1) is 12.3. The Kier molecular flexibility index (Phi) is 4.42. The summed E-state index contributed by atoms with van der Waals surface area (Å²) in [5.41, 5.74) is 0. The largest absolute Gasteiger partial charge is 0.478 e. The average molecular weight is 294 g/mol. The lowest BCUT2D eigenvalue weighted by Gasteiger charge is -2.13. The first-order valence-electron chi connectivity index (χ1n) is 4.24. The second-order valence-corrected chi connectivity index (χ2v) is 4.15. The van der Waals surface area contributed by atoms with Crippen molar-refractivity contribution in [1.82, 2.24) is 0 Å². The molecule has 0 bridgehead atoms. The molecule has 82 valence electrons. The SMILES string of the molecule is COC(=O)C(C)Oc1ccc(Cl)cc1Br. The molecule has 5 heteroatoms. The molecule has 1 aromatic carbocycles. The molecule has 0 N–H and O–H groups in total. The molecule has 0 spiro atoms. The number of methoxy groups -OCH3 is 1. The van der Waals surface area contributed by atoms with Crippen LogP contribution in [0.5, 0.6) is 5.75 Å². The van der Waals surface area contributed by atoms with Crippen molar-refractivity contribution in [2.75, 3.05) is 7.11 Å². The summed E-state index contributed by atoms with van der Waals surface area (Å²) in [6.07, 6.45) is -0.646. The standard InChI is InChI=1S/C10H10BrClO3/c1-6(10(13)14-2)15-9-4-3-7(12)5-8(9)11/h3-6H,1-2H3. The number of hydrogen-bond acceptors (Lipinski definition) is 3. The van der Waals surface area contributed by atoms with Gasteiger partial charge >= 0.3 is 5.97 Å². The molecule has 0 aliphatic rings. The zero-order valence-corrected chi connectivity index (χ0v) is 10.6. The van der Waals surface area contributed by atoms with Crippen molar-refractivity contribution in [2.24, 2.45) is 0 Å². The van der Waals surface area contributed by atoms with Gasteiger partial charge in [0.05, 0.1) is 11.6 Å². The monoisotopic (exact) mass is 292 g/mol. The Labute approximate surface area is 101 Å². The van der Waals surface area contributed by atoms with Gasteiger partial charge in [0.1, 0.15) is 5.75 Å². The molecule has 0 heterocycles. The predicted molar refractivity (Wildman–Crippen MR) is 61.3 cm³/mol. The summed E-state index contributed by atoms with van der Waals surface area (Å²) in [7, 11) is 1.32. The van der Waals surface area contributed by atoms with Gasteiger partial charge in [0.2, 0.25) is 0 Å². The maximum absolute atomic E-state index is 11.1. The quantitative estimate of drug-likeness (QED) is 0.804. The highest BCUT2D eigenvalue weighted by molar-refractivity contribution is 9.10. The molecule has 0 amide bonds. The summed E-state index contributed by atoms with van der Waals surface area (Å²) in [5, 5.41) is 0.597. The van der Waals surface area contributed by atoms with Crippen molar-refractivity contribution in [3.05, 3.63) is 27.7 Å². The van der Waals surface area contributed by atoms with E-state index in [1.54, 1.807) is 25.1 Å². The van der Waals surface area contributed by atoms with Crippen molar-refractivity contribution in [3.8, 4) is 5.75 Å². The molecule has 3 nitrogen and oxygen atoms in total. The molecule has 1 unspecified atom stereocenters. The van der Waals surface area contributed by atoms with Gasteiger partial charge in [0.25, 0.3) is 0 Å². The van der Waals surface area contributed by atoms with Crippen LogP contribution in [-0.2, 0) is 9.53 Å². The van der Waals surface area contributed by atoms with Crippen LogP contribution in [0.1, 0.15) is 6.92 Å². The molecule has 0 fully saturated rings. The molecule has 1 atom stereocenters. The van der Waals surface area contributed by atoms with E-state index in [9.17, 15) is 4.79 Å². The number of carbonyl (C=O) groups is 1. The highest BCUT2D eigenvalue weighted by Crippen LogP contribution is 2.28. The van der Waals surface area contributed by atoms with Crippen LogP contribution >= 0.6 is 27.5 Å². The third-order valence-corrected chi connectivity index (χ3v) is 2.59. The van der Waals surface area contributed by atoms with Gasteiger partial charge in [0, 0.05) is 5.02 Å². The Morgan fingerprint density at radius 1 is 1.53 bits per heavy atom. The molecule has 0 saturated carbocycles. The van der Waals surface area contributed by atoms with Gasteiger partial charge in [0.15, 0.2) is 6.10 Å². The van der Waals surface area contributed by atoms with E-state index in [1.165, 1.54) is 7.11 Å². The summed E-state index contributed by atoms with van der Waals surface area (Å²) in [6, 6.07) is 5.07. The minimum atomic E-state index is -0.646. The zero-order chi connectivity index (χ0) is 11.4. The predicted octanol–water partition coefficient (Wildman–Crippen LogP) is 3.04. The van der Waals surface area contributed by atoms with Crippen LogP contribution in [0.4, 0.5) is 0 Å².